The van der Waals surface area contributed by atoms with Gasteiger partial charge in [-0.3, -0.25) is 14.4 Å². The zero-order valence-electron chi connectivity index (χ0n) is 14.9. The molecule has 0 bridgehead atoms. The summed E-state index contributed by atoms with van der Waals surface area (Å²) in [6.45, 7) is 5.51. The molecule has 3 saturated heterocycles. The number of pyridine rings is 1. The number of carbonyl (C=O) groups is 2. The zero-order chi connectivity index (χ0) is 17.9. The number of aromatic nitrogens is 1. The minimum absolute atomic E-state index is 0.0328. The lowest BCUT2D eigenvalue weighted by molar-refractivity contribution is -0.136. The first-order valence-electron chi connectivity index (χ1n) is 8.85. The summed E-state index contributed by atoms with van der Waals surface area (Å²) in [6.07, 6.45) is 1.62. The van der Waals surface area contributed by atoms with Crippen LogP contribution >= 0.6 is 0 Å². The van der Waals surface area contributed by atoms with Gasteiger partial charge in [0.25, 0.3) is 11.5 Å². The monoisotopic (exact) mass is 345 g/mol. The number of hydrogen-bond donors (Lipinski definition) is 0. The van der Waals surface area contributed by atoms with E-state index in [9.17, 15) is 14.4 Å². The van der Waals surface area contributed by atoms with Gasteiger partial charge < -0.3 is 19.1 Å². The van der Waals surface area contributed by atoms with Crippen molar-refractivity contribution in [1.82, 2.24) is 14.4 Å². The van der Waals surface area contributed by atoms with Crippen molar-refractivity contribution in [1.29, 1.82) is 0 Å². The maximum atomic E-state index is 13.1. The first-order chi connectivity index (χ1) is 11.9. The van der Waals surface area contributed by atoms with Crippen molar-refractivity contribution in [2.24, 2.45) is 7.05 Å². The zero-order valence-corrected chi connectivity index (χ0v) is 14.9. The van der Waals surface area contributed by atoms with Crippen LogP contribution in [0.15, 0.2) is 10.9 Å². The van der Waals surface area contributed by atoms with Crippen molar-refractivity contribution in [2.75, 3.05) is 19.7 Å². The Hall–Kier alpha value is -2.15. The molecule has 4 heterocycles. The number of rotatable bonds is 2. The van der Waals surface area contributed by atoms with E-state index in [1.807, 2.05) is 13.8 Å². The molecule has 1 spiro atoms. The molecule has 1 aromatic heterocycles. The highest BCUT2D eigenvalue weighted by Crippen LogP contribution is 2.45. The van der Waals surface area contributed by atoms with Gasteiger partial charge in [-0.1, -0.05) is 6.92 Å². The second kappa shape index (κ2) is 5.42. The number of nitrogens with zero attached hydrogens (tertiary/aromatic N) is 3. The van der Waals surface area contributed by atoms with Crippen LogP contribution in [0.2, 0.25) is 0 Å². The summed E-state index contributed by atoms with van der Waals surface area (Å²) in [5.74, 6) is -0.260. The third kappa shape index (κ3) is 2.05. The first-order valence-corrected chi connectivity index (χ1v) is 8.85. The molecule has 2 amide bonds. The molecule has 3 fully saturated rings. The van der Waals surface area contributed by atoms with Crippen LogP contribution in [0.3, 0.4) is 0 Å². The van der Waals surface area contributed by atoms with Crippen LogP contribution in [0.5, 0.6) is 0 Å². The van der Waals surface area contributed by atoms with Gasteiger partial charge in [0.15, 0.2) is 5.72 Å². The molecule has 3 aliphatic heterocycles. The van der Waals surface area contributed by atoms with Crippen LogP contribution in [0.25, 0.3) is 0 Å². The van der Waals surface area contributed by atoms with E-state index in [1.54, 1.807) is 27.5 Å². The van der Waals surface area contributed by atoms with Gasteiger partial charge in [0.05, 0.1) is 19.1 Å². The number of amides is 2. The Morgan fingerprint density at radius 3 is 2.84 bits per heavy atom. The quantitative estimate of drug-likeness (QED) is 0.779. The van der Waals surface area contributed by atoms with Crippen molar-refractivity contribution in [2.45, 2.75) is 44.9 Å². The topological polar surface area (TPSA) is 71.8 Å². The summed E-state index contributed by atoms with van der Waals surface area (Å²) in [4.78, 5) is 41.5. The van der Waals surface area contributed by atoms with Crippen LogP contribution in [0.1, 0.15) is 41.4 Å². The van der Waals surface area contributed by atoms with E-state index >= 15 is 0 Å². The number of ether oxygens (including phenoxy) is 1. The molecule has 4 rings (SSSR count). The fourth-order valence-electron chi connectivity index (χ4n) is 4.79. The highest BCUT2D eigenvalue weighted by molar-refractivity contribution is 5.95. The Kier molecular flexibility index (Phi) is 3.54. The Morgan fingerprint density at radius 2 is 2.12 bits per heavy atom. The van der Waals surface area contributed by atoms with E-state index < -0.39 is 5.72 Å². The van der Waals surface area contributed by atoms with Gasteiger partial charge in [-0.15, -0.1) is 0 Å². The van der Waals surface area contributed by atoms with Gasteiger partial charge in [-0.05, 0) is 25.0 Å². The average Bonchev–Trinajstić information content (AvgIpc) is 3.22. The summed E-state index contributed by atoms with van der Waals surface area (Å²) in [6, 6.07) is 1.39. The molecule has 2 atom stereocenters. The number of hydrogen-bond acceptors (Lipinski definition) is 4. The molecule has 0 N–H and O–H groups in total. The Morgan fingerprint density at radius 1 is 1.36 bits per heavy atom. The first kappa shape index (κ1) is 16.3. The second-order valence-electron chi connectivity index (χ2n) is 7.11. The minimum atomic E-state index is -0.670. The minimum Gasteiger partial charge on any atom is -0.351 e. The SMILES string of the molecule is CCc1c(C)cc(C(=O)N2CC[C@@]34OCCN3C(=O)C[C@@H]24)c(=O)n1C. The molecule has 0 radical (unpaired) electrons. The molecule has 134 valence electrons. The molecular formula is C18H23N3O4. The molecule has 25 heavy (non-hydrogen) atoms. The summed E-state index contributed by atoms with van der Waals surface area (Å²) in [5.41, 5.74) is 1.10. The van der Waals surface area contributed by atoms with Crippen molar-refractivity contribution in [3.63, 3.8) is 0 Å². The molecule has 1 aromatic rings. The predicted octanol–water partition coefficient (Wildman–Crippen LogP) is 0.429. The van der Waals surface area contributed by atoms with Gasteiger partial charge in [-0.25, -0.2) is 0 Å². The average molecular weight is 345 g/mol. The maximum absolute atomic E-state index is 13.1. The highest BCUT2D eigenvalue weighted by atomic mass is 16.5. The fraction of sp³-hybridized carbons (Fsp3) is 0.611. The van der Waals surface area contributed by atoms with Crippen LogP contribution in [-0.2, 0) is 23.0 Å². The Balaban J connectivity index is 1.72. The van der Waals surface area contributed by atoms with Gasteiger partial charge in [-0.2, -0.15) is 0 Å². The van der Waals surface area contributed by atoms with E-state index in [-0.39, 0.29) is 35.4 Å². The lowest BCUT2D eigenvalue weighted by atomic mass is 10.0. The Bertz CT molecular complexity index is 830. The highest BCUT2D eigenvalue weighted by Gasteiger charge is 2.63. The summed E-state index contributed by atoms with van der Waals surface area (Å²) in [7, 11) is 1.71. The van der Waals surface area contributed by atoms with Crippen molar-refractivity contribution in [3.8, 4) is 0 Å². The third-order valence-corrected chi connectivity index (χ3v) is 5.98. The number of likely N-dealkylation sites (tertiary alicyclic amines) is 1. The Labute approximate surface area is 146 Å². The van der Waals surface area contributed by atoms with E-state index in [2.05, 4.69) is 0 Å². The largest absolute Gasteiger partial charge is 0.351 e. The predicted molar refractivity (Wildman–Crippen MR) is 90.3 cm³/mol. The summed E-state index contributed by atoms with van der Waals surface area (Å²) >= 11 is 0. The molecule has 0 aromatic carbocycles. The maximum Gasteiger partial charge on any atom is 0.263 e. The molecule has 0 unspecified atom stereocenters. The van der Waals surface area contributed by atoms with Crippen LogP contribution in [-0.4, -0.2) is 57.6 Å². The number of aryl methyl sites for hydroxylation is 1. The number of carbonyl (C=O) groups excluding carboxylic acids is 2. The second-order valence-corrected chi connectivity index (χ2v) is 7.11. The van der Waals surface area contributed by atoms with Crippen LogP contribution < -0.4 is 5.56 Å². The van der Waals surface area contributed by atoms with E-state index in [1.165, 1.54) is 0 Å². The van der Waals surface area contributed by atoms with Gasteiger partial charge in [0.1, 0.15) is 5.56 Å². The van der Waals surface area contributed by atoms with Crippen LogP contribution in [0.4, 0.5) is 0 Å². The lowest BCUT2D eigenvalue weighted by Crippen LogP contribution is -2.49. The normalized spacial score (nSPS) is 27.8. The van der Waals surface area contributed by atoms with Crippen molar-refractivity contribution < 1.29 is 14.3 Å². The molecule has 7 nitrogen and oxygen atoms in total. The van der Waals surface area contributed by atoms with Gasteiger partial charge in [0, 0.05) is 32.3 Å². The molecule has 0 aliphatic carbocycles. The van der Waals surface area contributed by atoms with Crippen molar-refractivity contribution in [3.05, 3.63) is 33.2 Å². The summed E-state index contributed by atoms with van der Waals surface area (Å²) < 4.78 is 7.48. The van der Waals surface area contributed by atoms with E-state index in [0.29, 0.717) is 26.1 Å². The van der Waals surface area contributed by atoms with Gasteiger partial charge in [0.2, 0.25) is 5.91 Å². The summed E-state index contributed by atoms with van der Waals surface area (Å²) in [5, 5.41) is 0. The van der Waals surface area contributed by atoms with E-state index in [4.69, 9.17) is 4.74 Å². The fourth-order valence-corrected chi connectivity index (χ4v) is 4.79. The molecule has 7 heteroatoms. The standard InChI is InChI=1S/C18H23N3O4/c1-4-13-11(2)9-12(16(23)19(13)3)17(24)20-6-5-18-14(20)10-15(22)21(18)7-8-25-18/h9,14H,4-8,10H2,1-3H3/t14-,18+/m1/s1. The smallest absolute Gasteiger partial charge is 0.263 e. The van der Waals surface area contributed by atoms with E-state index in [0.717, 1.165) is 17.7 Å². The molecule has 3 aliphatic rings. The van der Waals surface area contributed by atoms with Gasteiger partial charge >= 0.3 is 0 Å². The molecule has 0 saturated carbocycles. The van der Waals surface area contributed by atoms with Crippen LogP contribution in [0, 0.1) is 6.92 Å². The molecular weight excluding hydrogens is 322 g/mol. The van der Waals surface area contributed by atoms with Crippen molar-refractivity contribution >= 4 is 11.8 Å². The third-order valence-electron chi connectivity index (χ3n) is 5.98. The lowest BCUT2D eigenvalue weighted by Gasteiger charge is -2.31.